The van der Waals surface area contributed by atoms with Crippen LogP contribution in [0.1, 0.15) is 11.4 Å². The molecule has 0 radical (unpaired) electrons. The Bertz CT molecular complexity index is 1110. The van der Waals surface area contributed by atoms with Crippen LogP contribution in [0.4, 0.5) is 0 Å². The third-order valence-electron chi connectivity index (χ3n) is 4.29. The van der Waals surface area contributed by atoms with Crippen LogP contribution in [-0.4, -0.2) is 47.8 Å². The fraction of sp³-hybridized carbons (Fsp3) is 0.182. The molecule has 10 heteroatoms. The molecule has 0 unspecified atom stereocenters. The van der Waals surface area contributed by atoms with Gasteiger partial charge < -0.3 is 25.3 Å². The molecule has 0 fully saturated rings. The Labute approximate surface area is 184 Å². The van der Waals surface area contributed by atoms with Crippen LogP contribution in [0, 0.1) is 0 Å². The number of aromatic amines is 1. The van der Waals surface area contributed by atoms with Gasteiger partial charge in [-0.2, -0.15) is 5.10 Å². The molecule has 2 amide bonds. The van der Waals surface area contributed by atoms with Crippen molar-refractivity contribution in [2.45, 2.75) is 6.54 Å². The van der Waals surface area contributed by atoms with Gasteiger partial charge in [0.05, 0.1) is 20.8 Å². The van der Waals surface area contributed by atoms with Crippen LogP contribution in [0.3, 0.4) is 0 Å². The first kappa shape index (κ1) is 22.3. The molecule has 1 heterocycles. The highest BCUT2D eigenvalue weighted by molar-refractivity contribution is 5.91. The first-order valence-corrected chi connectivity index (χ1v) is 9.59. The molecule has 0 aliphatic heterocycles. The zero-order chi connectivity index (χ0) is 22.9. The average molecular weight is 437 g/mol. The molecule has 3 rings (SSSR count). The second-order valence-corrected chi connectivity index (χ2v) is 6.55. The van der Waals surface area contributed by atoms with Gasteiger partial charge in [0.2, 0.25) is 5.91 Å². The van der Waals surface area contributed by atoms with Crippen molar-refractivity contribution in [3.05, 3.63) is 59.9 Å². The number of benzene rings is 2. The number of ether oxygens (including phenoxy) is 3. The largest absolute Gasteiger partial charge is 0.497 e. The molecule has 3 aromatic rings. The number of methoxy groups -OCH3 is 2. The Morgan fingerprint density at radius 1 is 1.09 bits per heavy atom. The summed E-state index contributed by atoms with van der Waals surface area (Å²) < 4.78 is 15.7. The monoisotopic (exact) mass is 437 g/mol. The lowest BCUT2D eigenvalue weighted by Crippen LogP contribution is -2.21. The fourth-order valence-corrected chi connectivity index (χ4v) is 2.70. The Morgan fingerprint density at radius 2 is 1.88 bits per heavy atom. The highest BCUT2D eigenvalue weighted by Crippen LogP contribution is 2.28. The van der Waals surface area contributed by atoms with E-state index in [9.17, 15) is 9.59 Å². The van der Waals surface area contributed by atoms with E-state index >= 15 is 0 Å². The van der Waals surface area contributed by atoms with Gasteiger partial charge in [0.25, 0.3) is 5.91 Å². The summed E-state index contributed by atoms with van der Waals surface area (Å²) in [7, 11) is 3.08. The number of carbonyl (C=O) groups excluding carboxylic acids is 2. The number of nitrogens with zero attached hydrogens (tertiary/aromatic N) is 2. The molecule has 0 saturated heterocycles. The highest BCUT2D eigenvalue weighted by atomic mass is 16.5. The van der Waals surface area contributed by atoms with Crippen LogP contribution in [0.25, 0.3) is 17.5 Å². The van der Waals surface area contributed by atoms with Crippen molar-refractivity contribution in [3.8, 4) is 28.6 Å². The summed E-state index contributed by atoms with van der Waals surface area (Å²) in [4.78, 5) is 27.4. The zero-order valence-electron chi connectivity index (χ0n) is 17.6. The predicted octanol–water partition coefficient (Wildman–Crippen LogP) is 1.68. The van der Waals surface area contributed by atoms with Crippen LogP contribution in [0.5, 0.6) is 17.2 Å². The van der Waals surface area contributed by atoms with Gasteiger partial charge in [0.15, 0.2) is 23.9 Å². The molecule has 0 aliphatic carbocycles. The van der Waals surface area contributed by atoms with Gasteiger partial charge in [0.1, 0.15) is 11.6 Å². The Kier molecular flexibility index (Phi) is 7.42. The third-order valence-corrected chi connectivity index (χ3v) is 4.29. The lowest BCUT2D eigenvalue weighted by molar-refractivity contribution is -0.120. The maximum Gasteiger partial charge on any atom is 0.255 e. The average Bonchev–Trinajstić information content (AvgIpc) is 3.29. The van der Waals surface area contributed by atoms with Crippen LogP contribution in [0.15, 0.2) is 48.5 Å². The summed E-state index contributed by atoms with van der Waals surface area (Å²) in [6.45, 7) is -0.0642. The number of rotatable bonds is 10. The van der Waals surface area contributed by atoms with E-state index < -0.39 is 5.91 Å². The summed E-state index contributed by atoms with van der Waals surface area (Å²) in [5.74, 6) is 1.70. The molecule has 0 aliphatic rings. The number of amides is 2. The van der Waals surface area contributed by atoms with Crippen LogP contribution in [0.2, 0.25) is 0 Å². The number of nitrogens with one attached hydrogen (secondary N) is 2. The number of aromatic nitrogens is 3. The fourth-order valence-electron chi connectivity index (χ4n) is 2.70. The normalized spacial score (nSPS) is 10.7. The Morgan fingerprint density at radius 3 is 2.56 bits per heavy atom. The van der Waals surface area contributed by atoms with Crippen LogP contribution < -0.4 is 25.3 Å². The standard InChI is InChI=1S/C22H23N5O5/c1-30-16-7-5-15(6-8-16)22-25-20(26-27-22)12-24-21(29)10-4-14-3-9-17(18(11-14)31-2)32-13-19(23)28/h3-11H,12-13H2,1-2H3,(H2,23,28)(H,24,29)(H,25,26,27)/b10-4+. The molecule has 0 atom stereocenters. The van der Waals surface area contributed by atoms with Crippen molar-refractivity contribution in [2.75, 3.05) is 20.8 Å². The number of H-pyrrole nitrogens is 1. The van der Waals surface area contributed by atoms with Crippen molar-refractivity contribution < 1.29 is 23.8 Å². The van der Waals surface area contributed by atoms with E-state index in [4.69, 9.17) is 19.9 Å². The van der Waals surface area contributed by atoms with Crippen molar-refractivity contribution in [2.24, 2.45) is 5.73 Å². The molecule has 0 saturated carbocycles. The number of nitrogens with two attached hydrogens (primary N) is 1. The topological polar surface area (TPSA) is 141 Å². The molecule has 0 bridgehead atoms. The first-order chi connectivity index (χ1) is 15.5. The van der Waals surface area contributed by atoms with Gasteiger partial charge in [-0.25, -0.2) is 4.98 Å². The lowest BCUT2D eigenvalue weighted by Gasteiger charge is -2.09. The molecular formula is C22H23N5O5. The van der Waals surface area contributed by atoms with Gasteiger partial charge in [-0.15, -0.1) is 0 Å². The molecule has 0 spiro atoms. The van der Waals surface area contributed by atoms with Crippen molar-refractivity contribution >= 4 is 17.9 Å². The minimum atomic E-state index is -0.587. The molecule has 1 aromatic heterocycles. The van der Waals surface area contributed by atoms with E-state index in [1.807, 2.05) is 24.3 Å². The van der Waals surface area contributed by atoms with E-state index in [-0.39, 0.29) is 19.1 Å². The number of hydrogen-bond donors (Lipinski definition) is 3. The first-order valence-electron chi connectivity index (χ1n) is 9.59. The van der Waals surface area contributed by atoms with Crippen LogP contribution >= 0.6 is 0 Å². The number of hydrogen-bond acceptors (Lipinski definition) is 7. The summed E-state index contributed by atoms with van der Waals surface area (Å²) in [6, 6.07) is 12.4. The molecule has 2 aromatic carbocycles. The highest BCUT2D eigenvalue weighted by Gasteiger charge is 2.08. The number of carbonyl (C=O) groups is 2. The molecule has 10 nitrogen and oxygen atoms in total. The number of primary amides is 1. The third kappa shape index (κ3) is 6.08. The zero-order valence-corrected chi connectivity index (χ0v) is 17.6. The minimum Gasteiger partial charge on any atom is -0.497 e. The van der Waals surface area contributed by atoms with Gasteiger partial charge in [-0.05, 0) is 48.0 Å². The summed E-state index contributed by atoms with van der Waals surface area (Å²) in [5, 5.41) is 9.71. The van der Waals surface area contributed by atoms with E-state index in [2.05, 4.69) is 20.5 Å². The maximum atomic E-state index is 12.2. The Balaban J connectivity index is 1.55. The smallest absolute Gasteiger partial charge is 0.255 e. The molecule has 166 valence electrons. The Hall–Kier alpha value is -4.34. The predicted molar refractivity (Wildman–Crippen MR) is 117 cm³/mol. The van der Waals surface area contributed by atoms with Crippen LogP contribution in [-0.2, 0) is 16.1 Å². The minimum absolute atomic E-state index is 0.190. The van der Waals surface area contributed by atoms with Crippen molar-refractivity contribution in [3.63, 3.8) is 0 Å². The summed E-state index contributed by atoms with van der Waals surface area (Å²) >= 11 is 0. The van der Waals surface area contributed by atoms with E-state index in [1.165, 1.54) is 13.2 Å². The molecule has 4 N–H and O–H groups in total. The van der Waals surface area contributed by atoms with Gasteiger partial charge in [-0.1, -0.05) is 6.07 Å². The van der Waals surface area contributed by atoms with Crippen molar-refractivity contribution in [1.29, 1.82) is 0 Å². The molecule has 32 heavy (non-hydrogen) atoms. The maximum absolute atomic E-state index is 12.2. The second kappa shape index (κ2) is 10.6. The van der Waals surface area contributed by atoms with Gasteiger partial charge in [0, 0.05) is 11.6 Å². The molecular weight excluding hydrogens is 414 g/mol. The SMILES string of the molecule is COc1ccc(-c2n[nH]c(CNC(=O)/C=C/c3ccc(OCC(N)=O)c(OC)c3)n2)cc1. The summed E-state index contributed by atoms with van der Waals surface area (Å²) in [5.41, 5.74) is 6.62. The lowest BCUT2D eigenvalue weighted by atomic mass is 10.2. The van der Waals surface area contributed by atoms with E-state index in [0.717, 1.165) is 11.3 Å². The van der Waals surface area contributed by atoms with Gasteiger partial charge >= 0.3 is 0 Å². The van der Waals surface area contributed by atoms with Crippen molar-refractivity contribution in [1.82, 2.24) is 20.5 Å². The van der Waals surface area contributed by atoms with E-state index in [0.29, 0.717) is 28.7 Å². The second-order valence-electron chi connectivity index (χ2n) is 6.55. The summed E-state index contributed by atoms with van der Waals surface area (Å²) in [6.07, 6.45) is 3.01. The van der Waals surface area contributed by atoms with E-state index in [1.54, 1.807) is 31.4 Å². The van der Waals surface area contributed by atoms with Gasteiger partial charge in [-0.3, -0.25) is 14.7 Å². The quantitative estimate of drug-likeness (QED) is 0.410.